The summed E-state index contributed by atoms with van der Waals surface area (Å²) in [5, 5.41) is 0. The lowest BCUT2D eigenvalue weighted by molar-refractivity contribution is 0.0524. The highest BCUT2D eigenvalue weighted by Gasteiger charge is 2.15. The second kappa shape index (κ2) is 7.52. The maximum Gasteiger partial charge on any atom is 0.341 e. The van der Waals surface area contributed by atoms with Crippen molar-refractivity contribution in [1.29, 1.82) is 0 Å². The Morgan fingerprint density at radius 2 is 2.05 bits per heavy atom. The first-order chi connectivity index (χ1) is 10.1. The van der Waals surface area contributed by atoms with E-state index < -0.39 is 5.97 Å². The molecule has 0 N–H and O–H groups in total. The van der Waals surface area contributed by atoms with Gasteiger partial charge in [0.05, 0.1) is 18.2 Å². The van der Waals surface area contributed by atoms with Gasteiger partial charge in [0.15, 0.2) is 0 Å². The number of alkyl halides is 1. The second-order valence-electron chi connectivity index (χ2n) is 4.30. The van der Waals surface area contributed by atoms with Crippen LogP contribution in [0.4, 0.5) is 0 Å². The zero-order valence-electron chi connectivity index (χ0n) is 11.5. The Bertz CT molecular complexity index is 632. The molecule has 1 aromatic heterocycles. The summed E-state index contributed by atoms with van der Waals surface area (Å²) in [5.74, 6) is 0.327. The quantitative estimate of drug-likeness (QED) is 0.595. The zero-order chi connectivity index (χ0) is 15.2. The number of carbonyl (C=O) groups excluding carboxylic acids is 1. The average Bonchev–Trinajstić information content (AvgIpc) is 2.49. The van der Waals surface area contributed by atoms with Crippen molar-refractivity contribution in [1.82, 2.24) is 9.97 Å². The summed E-state index contributed by atoms with van der Waals surface area (Å²) >= 11 is 9.26. The van der Waals surface area contributed by atoms with Crippen LogP contribution >= 0.6 is 27.5 Å². The Kier molecular flexibility index (Phi) is 5.70. The number of esters is 1. The number of rotatable bonds is 5. The van der Waals surface area contributed by atoms with Gasteiger partial charge in [-0.15, -0.1) is 11.6 Å². The van der Waals surface area contributed by atoms with Gasteiger partial charge in [-0.05, 0) is 24.6 Å². The van der Waals surface area contributed by atoms with Crippen molar-refractivity contribution in [2.24, 2.45) is 0 Å². The molecule has 0 bridgehead atoms. The molecule has 0 fully saturated rings. The Morgan fingerprint density at radius 3 is 2.67 bits per heavy atom. The standard InChI is InChI=1S/C15H14BrClN2O2/c1-2-21-15(20)12-9-18-14(19-13(12)8-17)7-10-3-5-11(16)6-4-10/h3-6,9H,2,7-8H2,1H3. The minimum Gasteiger partial charge on any atom is -0.462 e. The van der Waals surface area contributed by atoms with Gasteiger partial charge in [0.25, 0.3) is 0 Å². The van der Waals surface area contributed by atoms with Crippen molar-refractivity contribution in [3.05, 3.63) is 57.6 Å². The summed E-state index contributed by atoms with van der Waals surface area (Å²) in [6.45, 7) is 2.06. The molecule has 0 atom stereocenters. The van der Waals surface area contributed by atoms with Crippen LogP contribution < -0.4 is 0 Å². The van der Waals surface area contributed by atoms with E-state index in [1.807, 2.05) is 24.3 Å². The third-order valence-electron chi connectivity index (χ3n) is 2.82. The Morgan fingerprint density at radius 1 is 1.33 bits per heavy atom. The molecule has 2 aromatic rings. The number of aromatic nitrogens is 2. The molecule has 21 heavy (non-hydrogen) atoms. The van der Waals surface area contributed by atoms with Crippen LogP contribution in [0.3, 0.4) is 0 Å². The molecular formula is C15H14BrClN2O2. The molecule has 1 aromatic carbocycles. The van der Waals surface area contributed by atoms with Crippen molar-refractivity contribution >= 4 is 33.5 Å². The molecule has 110 valence electrons. The molecule has 0 unspecified atom stereocenters. The topological polar surface area (TPSA) is 52.1 Å². The number of hydrogen-bond acceptors (Lipinski definition) is 4. The van der Waals surface area contributed by atoms with Crippen molar-refractivity contribution in [3.8, 4) is 0 Å². The molecule has 1 heterocycles. The number of halogens is 2. The summed E-state index contributed by atoms with van der Waals surface area (Å²) in [6.07, 6.45) is 2.07. The third kappa shape index (κ3) is 4.25. The van der Waals surface area contributed by atoms with Gasteiger partial charge in [-0.25, -0.2) is 14.8 Å². The van der Waals surface area contributed by atoms with Gasteiger partial charge in [-0.2, -0.15) is 0 Å². The molecule has 0 aliphatic rings. The highest BCUT2D eigenvalue weighted by molar-refractivity contribution is 9.10. The van der Waals surface area contributed by atoms with E-state index in [0.29, 0.717) is 30.1 Å². The van der Waals surface area contributed by atoms with Crippen LogP contribution in [0.2, 0.25) is 0 Å². The number of hydrogen-bond donors (Lipinski definition) is 0. The van der Waals surface area contributed by atoms with E-state index in [0.717, 1.165) is 10.0 Å². The zero-order valence-corrected chi connectivity index (χ0v) is 13.8. The van der Waals surface area contributed by atoms with Crippen LogP contribution in [0.1, 0.15) is 34.4 Å². The molecule has 0 saturated heterocycles. The maximum atomic E-state index is 11.8. The van der Waals surface area contributed by atoms with Gasteiger partial charge >= 0.3 is 5.97 Å². The summed E-state index contributed by atoms with van der Waals surface area (Å²) < 4.78 is 5.98. The van der Waals surface area contributed by atoms with Crippen LogP contribution in [0.5, 0.6) is 0 Å². The first kappa shape index (κ1) is 15.9. The first-order valence-corrected chi connectivity index (χ1v) is 7.79. The van der Waals surface area contributed by atoms with Crippen LogP contribution in [-0.2, 0) is 17.0 Å². The SMILES string of the molecule is CCOC(=O)c1cnc(Cc2ccc(Br)cc2)nc1CCl. The monoisotopic (exact) mass is 368 g/mol. The predicted octanol–water partition coefficient (Wildman–Crippen LogP) is 3.75. The van der Waals surface area contributed by atoms with E-state index in [4.69, 9.17) is 16.3 Å². The van der Waals surface area contributed by atoms with Crippen molar-refractivity contribution in [2.45, 2.75) is 19.2 Å². The lowest BCUT2D eigenvalue weighted by atomic mass is 10.1. The fourth-order valence-corrected chi connectivity index (χ4v) is 2.28. The third-order valence-corrected chi connectivity index (χ3v) is 3.60. The van der Waals surface area contributed by atoms with Gasteiger partial charge < -0.3 is 4.74 Å². The molecule has 0 saturated carbocycles. The lowest BCUT2D eigenvalue weighted by Gasteiger charge is -2.08. The van der Waals surface area contributed by atoms with Gasteiger partial charge in [-0.3, -0.25) is 0 Å². The molecule has 0 spiro atoms. The van der Waals surface area contributed by atoms with Crippen LogP contribution in [0.25, 0.3) is 0 Å². The van der Waals surface area contributed by atoms with Crippen LogP contribution in [0, 0.1) is 0 Å². The number of ether oxygens (including phenoxy) is 1. The van der Waals surface area contributed by atoms with E-state index in [-0.39, 0.29) is 5.88 Å². The Hall–Kier alpha value is -1.46. The number of nitrogens with zero attached hydrogens (tertiary/aromatic N) is 2. The van der Waals surface area contributed by atoms with Gasteiger partial charge in [0, 0.05) is 17.1 Å². The van der Waals surface area contributed by atoms with E-state index in [1.54, 1.807) is 6.92 Å². The van der Waals surface area contributed by atoms with Gasteiger partial charge in [0.1, 0.15) is 11.4 Å². The molecule has 0 amide bonds. The smallest absolute Gasteiger partial charge is 0.341 e. The fraction of sp³-hybridized carbons (Fsp3) is 0.267. The minimum atomic E-state index is -0.441. The van der Waals surface area contributed by atoms with E-state index in [2.05, 4.69) is 25.9 Å². The average molecular weight is 370 g/mol. The van der Waals surface area contributed by atoms with Crippen molar-refractivity contribution in [3.63, 3.8) is 0 Å². The first-order valence-electron chi connectivity index (χ1n) is 6.46. The normalized spacial score (nSPS) is 10.4. The highest BCUT2D eigenvalue weighted by Crippen LogP contribution is 2.15. The largest absolute Gasteiger partial charge is 0.462 e. The van der Waals surface area contributed by atoms with E-state index >= 15 is 0 Å². The van der Waals surface area contributed by atoms with Crippen molar-refractivity contribution in [2.75, 3.05) is 6.61 Å². The van der Waals surface area contributed by atoms with Gasteiger partial charge in [-0.1, -0.05) is 28.1 Å². The van der Waals surface area contributed by atoms with Crippen molar-refractivity contribution < 1.29 is 9.53 Å². The second-order valence-corrected chi connectivity index (χ2v) is 5.49. The number of carbonyl (C=O) groups is 1. The number of benzene rings is 1. The van der Waals surface area contributed by atoms with Crippen LogP contribution in [-0.4, -0.2) is 22.5 Å². The molecule has 6 heteroatoms. The van der Waals surface area contributed by atoms with Gasteiger partial charge in [0.2, 0.25) is 0 Å². The summed E-state index contributed by atoms with van der Waals surface area (Å²) in [4.78, 5) is 20.3. The predicted molar refractivity (Wildman–Crippen MR) is 84.5 cm³/mol. The fourth-order valence-electron chi connectivity index (χ4n) is 1.81. The molecule has 4 nitrogen and oxygen atoms in total. The highest BCUT2D eigenvalue weighted by atomic mass is 79.9. The molecule has 0 aliphatic carbocycles. The summed E-state index contributed by atoms with van der Waals surface area (Å²) in [7, 11) is 0. The lowest BCUT2D eigenvalue weighted by Crippen LogP contribution is -2.11. The molecule has 0 aliphatic heterocycles. The molecule has 2 rings (SSSR count). The Balaban J connectivity index is 2.22. The van der Waals surface area contributed by atoms with Crippen LogP contribution in [0.15, 0.2) is 34.9 Å². The van der Waals surface area contributed by atoms with E-state index in [1.165, 1.54) is 6.20 Å². The molecular weight excluding hydrogens is 356 g/mol. The summed E-state index contributed by atoms with van der Waals surface area (Å²) in [6, 6.07) is 7.91. The summed E-state index contributed by atoms with van der Waals surface area (Å²) in [5.41, 5.74) is 1.91. The molecule has 0 radical (unpaired) electrons. The minimum absolute atomic E-state index is 0.143. The van der Waals surface area contributed by atoms with E-state index in [9.17, 15) is 4.79 Å². The Labute approximate surface area is 136 Å². The maximum absolute atomic E-state index is 11.8.